The van der Waals surface area contributed by atoms with Gasteiger partial charge < -0.3 is 10.6 Å². The van der Waals surface area contributed by atoms with E-state index in [9.17, 15) is 13.6 Å². The lowest BCUT2D eigenvalue weighted by Gasteiger charge is -2.29. The Morgan fingerprint density at radius 3 is 2.54 bits per heavy atom. The summed E-state index contributed by atoms with van der Waals surface area (Å²) in [7, 11) is 0. The second-order valence-corrected chi connectivity index (χ2v) is 5.89. The first-order valence-electron chi connectivity index (χ1n) is 7.87. The molecule has 5 nitrogen and oxygen atoms in total. The first-order valence-corrected chi connectivity index (χ1v) is 7.87. The molecule has 0 atom stereocenters. The van der Waals surface area contributed by atoms with E-state index in [1.54, 1.807) is 0 Å². The van der Waals surface area contributed by atoms with Crippen LogP contribution in [0.5, 0.6) is 0 Å². The van der Waals surface area contributed by atoms with E-state index < -0.39 is 17.5 Å². The first-order chi connectivity index (χ1) is 11.6. The molecule has 3 rings (SSSR count). The predicted octanol–water partition coefficient (Wildman–Crippen LogP) is 2.92. The molecule has 1 amide bonds. The van der Waals surface area contributed by atoms with E-state index in [1.807, 2.05) is 0 Å². The number of carbonyl (C=O) groups excluding carboxylic acids is 1. The number of benzene rings is 1. The van der Waals surface area contributed by atoms with Gasteiger partial charge in [-0.25, -0.2) is 18.7 Å². The Bertz CT molecular complexity index is 727. The number of rotatable bonds is 4. The number of hydrogen-bond donors (Lipinski definition) is 1. The lowest BCUT2D eigenvalue weighted by molar-refractivity contribution is 0.0660. The van der Waals surface area contributed by atoms with E-state index in [4.69, 9.17) is 5.73 Å². The third-order valence-electron chi connectivity index (χ3n) is 4.39. The van der Waals surface area contributed by atoms with Crippen LogP contribution in [0.15, 0.2) is 30.7 Å². The molecule has 7 heteroatoms. The summed E-state index contributed by atoms with van der Waals surface area (Å²) in [5.74, 6) is -1.67. The molecule has 0 spiro atoms. The number of carbonyl (C=O) groups is 1. The molecule has 0 aliphatic heterocycles. The fourth-order valence-corrected chi connectivity index (χ4v) is 3.09. The van der Waals surface area contributed by atoms with Gasteiger partial charge in [-0.2, -0.15) is 0 Å². The fourth-order valence-electron chi connectivity index (χ4n) is 3.09. The fraction of sp³-hybridized carbons (Fsp3) is 0.353. The molecule has 1 aliphatic carbocycles. The smallest absolute Gasteiger partial charge is 0.259 e. The zero-order valence-electron chi connectivity index (χ0n) is 13.1. The van der Waals surface area contributed by atoms with E-state index in [1.165, 1.54) is 35.6 Å². The van der Waals surface area contributed by atoms with Crippen molar-refractivity contribution in [3.8, 4) is 0 Å². The summed E-state index contributed by atoms with van der Waals surface area (Å²) < 4.78 is 28.0. The summed E-state index contributed by atoms with van der Waals surface area (Å²) in [6, 6.07) is 3.61. The molecule has 126 valence electrons. The summed E-state index contributed by atoms with van der Waals surface area (Å²) in [4.78, 5) is 22.0. The monoisotopic (exact) mass is 332 g/mol. The molecule has 2 aromatic rings. The van der Waals surface area contributed by atoms with Crippen LogP contribution >= 0.6 is 0 Å². The Morgan fingerprint density at radius 2 is 1.92 bits per heavy atom. The highest BCUT2D eigenvalue weighted by molar-refractivity contribution is 5.98. The van der Waals surface area contributed by atoms with Gasteiger partial charge in [0.15, 0.2) is 0 Å². The topological polar surface area (TPSA) is 72.1 Å². The second-order valence-electron chi connectivity index (χ2n) is 5.89. The predicted molar refractivity (Wildman–Crippen MR) is 84.9 cm³/mol. The lowest BCUT2D eigenvalue weighted by atomic mass is 10.1. The maximum Gasteiger partial charge on any atom is 0.259 e. The Morgan fingerprint density at radius 1 is 1.25 bits per heavy atom. The van der Waals surface area contributed by atoms with Gasteiger partial charge in [-0.05, 0) is 25.0 Å². The van der Waals surface area contributed by atoms with E-state index in [0.717, 1.165) is 25.7 Å². The minimum atomic E-state index is -0.664. The van der Waals surface area contributed by atoms with Gasteiger partial charge in [0.1, 0.15) is 29.3 Å². The van der Waals surface area contributed by atoms with Gasteiger partial charge in [0, 0.05) is 17.8 Å². The highest BCUT2D eigenvalue weighted by Gasteiger charge is 2.30. The molecule has 1 saturated carbocycles. The number of hydrogen-bond acceptors (Lipinski definition) is 4. The molecule has 0 radical (unpaired) electrons. The van der Waals surface area contributed by atoms with Crippen molar-refractivity contribution in [1.82, 2.24) is 14.9 Å². The minimum Gasteiger partial charge on any atom is -0.383 e. The third-order valence-corrected chi connectivity index (χ3v) is 4.39. The van der Waals surface area contributed by atoms with Crippen molar-refractivity contribution in [2.45, 2.75) is 38.3 Å². The largest absolute Gasteiger partial charge is 0.383 e. The van der Waals surface area contributed by atoms with Crippen LogP contribution in [0.25, 0.3) is 0 Å². The quantitative estimate of drug-likeness (QED) is 0.934. The van der Waals surface area contributed by atoms with Gasteiger partial charge in [-0.3, -0.25) is 4.79 Å². The lowest BCUT2D eigenvalue weighted by Crippen LogP contribution is -2.39. The number of anilines is 1. The van der Waals surface area contributed by atoms with Crippen molar-refractivity contribution >= 4 is 11.7 Å². The molecule has 1 aromatic heterocycles. The third kappa shape index (κ3) is 3.20. The SMILES string of the molecule is Nc1ncncc1C(=O)N(Cc1c(F)cccc1F)C1CCCC1. The summed E-state index contributed by atoms with van der Waals surface area (Å²) in [6.07, 6.45) is 6.15. The van der Waals surface area contributed by atoms with Gasteiger partial charge in [-0.1, -0.05) is 18.9 Å². The zero-order valence-corrected chi connectivity index (χ0v) is 13.1. The van der Waals surface area contributed by atoms with Crippen molar-refractivity contribution < 1.29 is 13.6 Å². The summed E-state index contributed by atoms with van der Waals surface area (Å²) in [6.45, 7) is -0.143. The highest BCUT2D eigenvalue weighted by Crippen LogP contribution is 2.28. The van der Waals surface area contributed by atoms with Gasteiger partial charge >= 0.3 is 0 Å². The van der Waals surface area contributed by atoms with E-state index in [-0.39, 0.29) is 29.5 Å². The van der Waals surface area contributed by atoms with Crippen LogP contribution in [-0.2, 0) is 6.54 Å². The number of nitrogen functional groups attached to an aromatic ring is 1. The van der Waals surface area contributed by atoms with Gasteiger partial charge in [0.05, 0.1) is 6.54 Å². The Kier molecular flexibility index (Phi) is 4.69. The first kappa shape index (κ1) is 16.3. The normalized spacial score (nSPS) is 14.8. The molecule has 2 N–H and O–H groups in total. The number of halogens is 2. The van der Waals surface area contributed by atoms with Crippen LogP contribution in [0, 0.1) is 11.6 Å². The molecule has 24 heavy (non-hydrogen) atoms. The van der Waals surface area contributed by atoms with Gasteiger partial charge in [0.25, 0.3) is 5.91 Å². The number of nitrogens with zero attached hydrogens (tertiary/aromatic N) is 3. The summed E-state index contributed by atoms with van der Waals surface area (Å²) in [5.41, 5.74) is 5.80. The standard InChI is InChI=1S/C17H18F2N4O/c18-14-6-3-7-15(19)13(14)9-23(11-4-1-2-5-11)17(24)12-8-21-10-22-16(12)20/h3,6-8,10-11H,1-2,4-5,9H2,(H2,20,21,22). The maximum absolute atomic E-state index is 14.0. The Balaban J connectivity index is 1.95. The molecule has 0 saturated heterocycles. The number of aromatic nitrogens is 2. The minimum absolute atomic E-state index is 0.0620. The van der Waals surface area contributed by atoms with Crippen molar-refractivity contribution in [3.05, 3.63) is 53.5 Å². The molecular weight excluding hydrogens is 314 g/mol. The van der Waals surface area contributed by atoms with Crippen LogP contribution in [0.4, 0.5) is 14.6 Å². The van der Waals surface area contributed by atoms with Crippen LogP contribution < -0.4 is 5.73 Å². The van der Waals surface area contributed by atoms with Crippen LogP contribution in [-0.4, -0.2) is 26.8 Å². The maximum atomic E-state index is 14.0. The molecule has 0 bridgehead atoms. The second kappa shape index (κ2) is 6.90. The number of nitrogens with two attached hydrogens (primary N) is 1. The molecule has 1 heterocycles. The van der Waals surface area contributed by atoms with Crippen LogP contribution in [0.3, 0.4) is 0 Å². The molecule has 1 aliphatic rings. The Labute approximate surface area is 138 Å². The average molecular weight is 332 g/mol. The molecular formula is C17H18F2N4O. The van der Waals surface area contributed by atoms with E-state index >= 15 is 0 Å². The van der Waals surface area contributed by atoms with Crippen LogP contribution in [0.1, 0.15) is 41.6 Å². The van der Waals surface area contributed by atoms with E-state index in [2.05, 4.69) is 9.97 Å². The van der Waals surface area contributed by atoms with E-state index in [0.29, 0.717) is 0 Å². The molecule has 1 aromatic carbocycles. The van der Waals surface area contributed by atoms with Crippen molar-refractivity contribution in [1.29, 1.82) is 0 Å². The molecule has 1 fully saturated rings. The van der Waals surface area contributed by atoms with Gasteiger partial charge in [0.2, 0.25) is 0 Å². The van der Waals surface area contributed by atoms with Gasteiger partial charge in [-0.15, -0.1) is 0 Å². The van der Waals surface area contributed by atoms with Crippen molar-refractivity contribution in [3.63, 3.8) is 0 Å². The zero-order chi connectivity index (χ0) is 17.1. The summed E-state index contributed by atoms with van der Waals surface area (Å²) in [5, 5.41) is 0. The van der Waals surface area contributed by atoms with Crippen molar-refractivity contribution in [2.24, 2.45) is 0 Å². The average Bonchev–Trinajstić information content (AvgIpc) is 3.09. The Hall–Kier alpha value is -2.57. The number of amides is 1. The van der Waals surface area contributed by atoms with Crippen molar-refractivity contribution in [2.75, 3.05) is 5.73 Å². The molecule has 0 unspecified atom stereocenters. The van der Waals surface area contributed by atoms with Crippen LogP contribution in [0.2, 0.25) is 0 Å². The summed E-state index contributed by atoms with van der Waals surface area (Å²) >= 11 is 0. The highest BCUT2D eigenvalue weighted by atomic mass is 19.1.